The molecule has 2 amide bonds. The summed E-state index contributed by atoms with van der Waals surface area (Å²) in [5.41, 5.74) is 2.28. The van der Waals surface area contributed by atoms with Gasteiger partial charge in [0.25, 0.3) is 5.91 Å². The molecule has 2 aromatic rings. The highest BCUT2D eigenvalue weighted by Gasteiger charge is 2.64. The molecule has 2 aliphatic heterocycles. The minimum atomic E-state index is -0.967. The number of nitrogens with two attached hydrogens (primary N) is 1. The number of hydrogen-bond acceptors (Lipinski definition) is 2. The van der Waals surface area contributed by atoms with Gasteiger partial charge in [-0.25, -0.2) is 4.39 Å². The smallest absolute Gasteiger partial charge is 0.291 e. The summed E-state index contributed by atoms with van der Waals surface area (Å²) in [6.07, 6.45) is 1.54. The van der Waals surface area contributed by atoms with Gasteiger partial charge in [0.05, 0.1) is 11.7 Å². The normalized spacial score (nSPS) is 25.3. The maximum Gasteiger partial charge on any atom is 0.291 e. The highest BCUT2D eigenvalue weighted by atomic mass is 19.1. The van der Waals surface area contributed by atoms with Crippen LogP contribution in [0.15, 0.2) is 42.5 Å². The highest BCUT2D eigenvalue weighted by molar-refractivity contribution is 6.09. The summed E-state index contributed by atoms with van der Waals surface area (Å²) < 4.78 is 13.2. The summed E-state index contributed by atoms with van der Waals surface area (Å²) in [5.74, 6) is -0.745. The molecule has 4 N–H and O–H groups in total. The molecule has 0 unspecified atom stereocenters. The van der Waals surface area contributed by atoms with Crippen LogP contribution in [-0.2, 0) is 15.1 Å². The number of quaternary nitrogens is 1. The summed E-state index contributed by atoms with van der Waals surface area (Å²) in [4.78, 5) is 26.6. The van der Waals surface area contributed by atoms with E-state index in [1.54, 1.807) is 0 Å². The number of aryl methyl sites for hydroxylation is 1. The van der Waals surface area contributed by atoms with E-state index < -0.39 is 11.5 Å². The van der Waals surface area contributed by atoms with Crippen molar-refractivity contribution in [2.24, 2.45) is 11.8 Å². The van der Waals surface area contributed by atoms with Gasteiger partial charge in [-0.3, -0.25) is 9.59 Å². The van der Waals surface area contributed by atoms with Gasteiger partial charge in [-0.15, -0.1) is 0 Å². The Morgan fingerprint density at radius 1 is 1.28 bits per heavy atom. The molecule has 0 aromatic heterocycles. The lowest BCUT2D eigenvalue weighted by Crippen LogP contribution is -2.98. The zero-order chi connectivity index (χ0) is 20.8. The van der Waals surface area contributed by atoms with Crippen molar-refractivity contribution in [3.63, 3.8) is 0 Å². The first-order valence-electron chi connectivity index (χ1n) is 10.1. The number of carbonyl (C=O) groups excluding carboxylic acids is 2. The van der Waals surface area contributed by atoms with Gasteiger partial charge in [-0.2, -0.15) is 0 Å². The van der Waals surface area contributed by atoms with E-state index in [0.717, 1.165) is 23.2 Å². The molecule has 1 saturated heterocycles. The Kier molecular flexibility index (Phi) is 4.90. The Morgan fingerprint density at radius 2 is 2.00 bits per heavy atom. The van der Waals surface area contributed by atoms with Crippen LogP contribution in [0.4, 0.5) is 15.8 Å². The Labute approximate surface area is 170 Å². The van der Waals surface area contributed by atoms with Gasteiger partial charge < -0.3 is 16.0 Å². The lowest BCUT2D eigenvalue weighted by Gasteiger charge is -2.26. The number of nitrogens with one attached hydrogen (secondary N) is 2. The topological polar surface area (TPSA) is 74.8 Å². The monoisotopic (exact) mass is 396 g/mol. The molecule has 152 valence electrons. The molecule has 2 aliphatic rings. The summed E-state index contributed by atoms with van der Waals surface area (Å²) in [5, 5.41) is 7.98. The zero-order valence-corrected chi connectivity index (χ0v) is 17.0. The Balaban J connectivity index is 1.72. The maximum atomic E-state index is 13.3. The minimum Gasteiger partial charge on any atom is -0.327 e. The number of rotatable bonds is 4. The van der Waals surface area contributed by atoms with Crippen molar-refractivity contribution in [1.82, 2.24) is 0 Å². The third-order valence-corrected chi connectivity index (χ3v) is 6.03. The molecule has 1 spiro atoms. The standard InChI is InChI=1S/C23H26FN3O2/c1-13(2)10-17-12-19(21(28)25-16-7-5-15(24)6-8-16)23(27-17)18-11-14(3)4-9-20(18)26-22(23)29/h4-9,11,13,17,19,27H,10,12H2,1-3H3,(H,25,28)(H,26,29)/p+1/t17-,19+,23-/m0/s1. The van der Waals surface area contributed by atoms with Crippen molar-refractivity contribution in [3.8, 4) is 0 Å². The molecule has 6 heteroatoms. The van der Waals surface area contributed by atoms with Crippen molar-refractivity contribution in [3.05, 3.63) is 59.4 Å². The van der Waals surface area contributed by atoms with Crippen LogP contribution in [0.25, 0.3) is 0 Å². The lowest BCUT2D eigenvalue weighted by atomic mass is 9.79. The van der Waals surface area contributed by atoms with E-state index in [4.69, 9.17) is 0 Å². The lowest BCUT2D eigenvalue weighted by molar-refractivity contribution is -0.733. The van der Waals surface area contributed by atoms with Gasteiger partial charge in [0.15, 0.2) is 0 Å². The number of benzene rings is 2. The largest absolute Gasteiger partial charge is 0.327 e. The molecule has 0 radical (unpaired) electrons. The highest BCUT2D eigenvalue weighted by Crippen LogP contribution is 2.44. The molecule has 0 saturated carbocycles. The van der Waals surface area contributed by atoms with E-state index in [1.165, 1.54) is 24.3 Å². The second-order valence-electron chi connectivity index (χ2n) is 8.71. The van der Waals surface area contributed by atoms with Crippen LogP contribution in [0.1, 0.15) is 37.8 Å². The molecule has 2 aromatic carbocycles. The third kappa shape index (κ3) is 3.42. The van der Waals surface area contributed by atoms with Gasteiger partial charge in [0.1, 0.15) is 11.7 Å². The summed E-state index contributed by atoms with van der Waals surface area (Å²) >= 11 is 0. The average Bonchev–Trinajstić information content (AvgIpc) is 3.16. The molecule has 1 fully saturated rings. The molecule has 5 nitrogen and oxygen atoms in total. The Morgan fingerprint density at radius 3 is 2.69 bits per heavy atom. The van der Waals surface area contributed by atoms with Crippen LogP contribution in [0, 0.1) is 24.6 Å². The second-order valence-corrected chi connectivity index (χ2v) is 8.71. The molecule has 0 aliphatic carbocycles. The minimum absolute atomic E-state index is 0.136. The average molecular weight is 396 g/mol. The molecule has 4 rings (SSSR count). The van der Waals surface area contributed by atoms with Crippen LogP contribution in [0.2, 0.25) is 0 Å². The quantitative estimate of drug-likeness (QED) is 0.743. The Hall–Kier alpha value is -2.73. The van der Waals surface area contributed by atoms with Crippen LogP contribution in [0.3, 0.4) is 0 Å². The van der Waals surface area contributed by atoms with E-state index in [0.29, 0.717) is 18.0 Å². The molecule has 0 bridgehead atoms. The van der Waals surface area contributed by atoms with Crippen molar-refractivity contribution >= 4 is 23.2 Å². The summed E-state index contributed by atoms with van der Waals surface area (Å²) in [7, 11) is 0. The molecular weight excluding hydrogens is 369 g/mol. The van der Waals surface area contributed by atoms with Gasteiger partial charge >= 0.3 is 0 Å². The fraction of sp³-hybridized carbons (Fsp3) is 0.391. The van der Waals surface area contributed by atoms with Crippen LogP contribution in [0.5, 0.6) is 0 Å². The predicted molar refractivity (Wildman–Crippen MR) is 110 cm³/mol. The second kappa shape index (κ2) is 7.26. The third-order valence-electron chi connectivity index (χ3n) is 6.03. The van der Waals surface area contributed by atoms with Crippen molar-refractivity contribution < 1.29 is 19.3 Å². The number of anilines is 2. The maximum absolute atomic E-state index is 13.3. The van der Waals surface area contributed by atoms with Gasteiger partial charge in [-0.05, 0) is 49.2 Å². The number of amides is 2. The first-order chi connectivity index (χ1) is 13.8. The first-order valence-corrected chi connectivity index (χ1v) is 10.1. The van der Waals surface area contributed by atoms with Gasteiger partial charge in [0.2, 0.25) is 11.4 Å². The van der Waals surface area contributed by atoms with Gasteiger partial charge in [-0.1, -0.05) is 25.5 Å². The van der Waals surface area contributed by atoms with Crippen LogP contribution < -0.4 is 16.0 Å². The van der Waals surface area contributed by atoms with Crippen LogP contribution in [-0.4, -0.2) is 17.9 Å². The number of hydrogen-bond donors (Lipinski definition) is 3. The fourth-order valence-corrected chi connectivity index (χ4v) is 4.86. The van der Waals surface area contributed by atoms with Crippen LogP contribution >= 0.6 is 0 Å². The summed E-state index contributed by atoms with van der Waals surface area (Å²) in [6, 6.07) is 11.8. The number of carbonyl (C=O) groups is 2. The molecular formula is C23H27FN3O2+. The van der Waals surface area contributed by atoms with E-state index in [2.05, 4.69) is 29.8 Å². The number of fused-ring (bicyclic) bond motifs is 2. The van der Waals surface area contributed by atoms with E-state index in [-0.39, 0.29) is 23.7 Å². The van der Waals surface area contributed by atoms with E-state index in [9.17, 15) is 14.0 Å². The SMILES string of the molecule is Cc1ccc2c(c1)[C@@]1([NH2+][C@@H](CC(C)C)C[C@@H]1C(=O)Nc1ccc(F)cc1)C(=O)N2. The fourth-order valence-electron chi connectivity index (χ4n) is 4.86. The zero-order valence-electron chi connectivity index (χ0n) is 17.0. The van der Waals surface area contributed by atoms with E-state index in [1.807, 2.05) is 25.1 Å². The molecule has 3 atom stereocenters. The molecule has 29 heavy (non-hydrogen) atoms. The first kappa shape index (κ1) is 19.6. The Bertz CT molecular complexity index is 957. The van der Waals surface area contributed by atoms with Crippen molar-refractivity contribution in [2.45, 2.75) is 45.2 Å². The molecule has 2 heterocycles. The predicted octanol–water partition coefficient (Wildman–Crippen LogP) is 2.92. The summed E-state index contributed by atoms with van der Waals surface area (Å²) in [6.45, 7) is 6.30. The van der Waals surface area contributed by atoms with Gasteiger partial charge in [0, 0.05) is 24.1 Å². The van der Waals surface area contributed by atoms with Crippen molar-refractivity contribution in [2.75, 3.05) is 10.6 Å². The number of halogens is 1. The van der Waals surface area contributed by atoms with Crippen molar-refractivity contribution in [1.29, 1.82) is 0 Å². The van der Waals surface area contributed by atoms with E-state index >= 15 is 0 Å².